The van der Waals surface area contributed by atoms with E-state index in [0.717, 1.165) is 18.7 Å². The predicted molar refractivity (Wildman–Crippen MR) is 76.1 cm³/mol. The molecule has 20 heavy (non-hydrogen) atoms. The highest BCUT2D eigenvalue weighted by Gasteiger charge is 2.28. The summed E-state index contributed by atoms with van der Waals surface area (Å²) in [4.78, 5) is 17.8. The predicted octanol–water partition coefficient (Wildman–Crippen LogP) is 2.62. The summed E-state index contributed by atoms with van der Waals surface area (Å²) < 4.78 is 15.2. The zero-order valence-electron chi connectivity index (χ0n) is 12.4. The van der Waals surface area contributed by atoms with Gasteiger partial charge in [0, 0.05) is 37.5 Å². The number of ether oxygens (including phenoxy) is 2. The number of hydrogen-bond donors (Lipinski definition) is 0. The van der Waals surface area contributed by atoms with Crippen molar-refractivity contribution in [3.05, 3.63) is 5.82 Å². The molecule has 0 atom stereocenters. The molecule has 0 saturated carbocycles. The molecule has 0 N–H and O–H groups in total. The second-order valence-corrected chi connectivity index (χ2v) is 6.61. The van der Waals surface area contributed by atoms with Gasteiger partial charge in [0.25, 0.3) is 5.19 Å². The second-order valence-electron chi connectivity index (χ2n) is 5.89. The van der Waals surface area contributed by atoms with Crippen LogP contribution in [-0.4, -0.2) is 45.1 Å². The minimum absolute atomic E-state index is 0.0982. The molecule has 7 heteroatoms. The summed E-state index contributed by atoms with van der Waals surface area (Å²) in [5.74, 6) is 0.733. The Morgan fingerprint density at radius 1 is 1.35 bits per heavy atom. The van der Waals surface area contributed by atoms with Gasteiger partial charge in [0.2, 0.25) is 0 Å². The molecule has 0 radical (unpaired) electrons. The van der Waals surface area contributed by atoms with Gasteiger partial charge >= 0.3 is 6.09 Å². The number of hydrogen-bond acceptors (Lipinski definition) is 6. The highest BCUT2D eigenvalue weighted by Crippen LogP contribution is 2.21. The molecule has 1 aliphatic heterocycles. The van der Waals surface area contributed by atoms with Crippen LogP contribution in [0.5, 0.6) is 5.19 Å². The number of nitrogens with zero attached hydrogens (tertiary/aromatic N) is 3. The summed E-state index contributed by atoms with van der Waals surface area (Å²) in [5, 5.41) is 0.609. The second kappa shape index (κ2) is 5.95. The lowest BCUT2D eigenvalue weighted by molar-refractivity contribution is 0.0126. The van der Waals surface area contributed by atoms with Crippen molar-refractivity contribution >= 4 is 17.6 Å². The number of aryl methyl sites for hydroxylation is 1. The van der Waals surface area contributed by atoms with Crippen LogP contribution in [0, 0.1) is 6.92 Å². The van der Waals surface area contributed by atoms with Gasteiger partial charge in [-0.15, -0.1) is 0 Å². The maximum atomic E-state index is 11.9. The van der Waals surface area contributed by atoms with Gasteiger partial charge in [-0.3, -0.25) is 0 Å². The minimum Gasteiger partial charge on any atom is -0.466 e. The van der Waals surface area contributed by atoms with E-state index in [1.165, 1.54) is 11.5 Å². The summed E-state index contributed by atoms with van der Waals surface area (Å²) in [6.07, 6.45) is 1.43. The Kier molecular flexibility index (Phi) is 4.47. The lowest BCUT2D eigenvalue weighted by Gasteiger charge is -2.33. The minimum atomic E-state index is -0.450. The van der Waals surface area contributed by atoms with Crippen LogP contribution in [-0.2, 0) is 4.74 Å². The monoisotopic (exact) mass is 299 g/mol. The van der Waals surface area contributed by atoms with Crippen LogP contribution in [0.15, 0.2) is 0 Å². The molecule has 2 rings (SSSR count). The summed E-state index contributed by atoms with van der Waals surface area (Å²) in [5.41, 5.74) is -0.450. The SMILES string of the molecule is Cc1nsc(OC2CCN(C(=O)OC(C)(C)C)CC2)n1. The third-order valence-electron chi connectivity index (χ3n) is 2.87. The van der Waals surface area contributed by atoms with Crippen LogP contribution < -0.4 is 4.74 Å². The molecule has 112 valence electrons. The highest BCUT2D eigenvalue weighted by atomic mass is 32.1. The fraction of sp³-hybridized carbons (Fsp3) is 0.769. The number of piperidine rings is 1. The van der Waals surface area contributed by atoms with Crippen molar-refractivity contribution in [1.82, 2.24) is 14.3 Å². The average molecular weight is 299 g/mol. The van der Waals surface area contributed by atoms with E-state index in [1.807, 2.05) is 27.7 Å². The van der Waals surface area contributed by atoms with Crippen molar-refractivity contribution in [2.24, 2.45) is 0 Å². The van der Waals surface area contributed by atoms with Gasteiger partial charge < -0.3 is 14.4 Å². The van der Waals surface area contributed by atoms with Gasteiger partial charge in [-0.05, 0) is 27.7 Å². The fourth-order valence-electron chi connectivity index (χ4n) is 1.95. The summed E-state index contributed by atoms with van der Waals surface area (Å²) in [6.45, 7) is 8.76. The van der Waals surface area contributed by atoms with Crippen LogP contribution in [0.3, 0.4) is 0 Å². The summed E-state index contributed by atoms with van der Waals surface area (Å²) >= 11 is 1.27. The van der Waals surface area contributed by atoms with E-state index < -0.39 is 5.60 Å². The van der Waals surface area contributed by atoms with E-state index in [2.05, 4.69) is 9.36 Å². The molecule has 1 amide bonds. The van der Waals surface area contributed by atoms with Crippen molar-refractivity contribution in [3.63, 3.8) is 0 Å². The van der Waals surface area contributed by atoms with Crippen molar-refractivity contribution in [2.75, 3.05) is 13.1 Å². The Morgan fingerprint density at radius 2 is 2.00 bits per heavy atom. The fourth-order valence-corrected chi connectivity index (χ4v) is 2.55. The first kappa shape index (κ1) is 15.0. The molecular weight excluding hydrogens is 278 g/mol. The Hall–Kier alpha value is -1.37. The van der Waals surface area contributed by atoms with Gasteiger partial charge in [-0.1, -0.05) is 0 Å². The van der Waals surface area contributed by atoms with Gasteiger partial charge in [0.05, 0.1) is 0 Å². The summed E-state index contributed by atoms with van der Waals surface area (Å²) in [7, 11) is 0. The van der Waals surface area contributed by atoms with E-state index in [4.69, 9.17) is 9.47 Å². The van der Waals surface area contributed by atoms with Crippen LogP contribution in [0.25, 0.3) is 0 Å². The molecule has 1 aliphatic rings. The standard InChI is InChI=1S/C13H21N3O3S/c1-9-14-11(20-15-9)18-10-5-7-16(8-6-10)12(17)19-13(2,3)4/h10H,5-8H2,1-4H3. The molecular formula is C13H21N3O3S. The molecule has 0 aromatic carbocycles. The van der Waals surface area contributed by atoms with Crippen LogP contribution in [0.4, 0.5) is 4.79 Å². The van der Waals surface area contributed by atoms with Crippen molar-refractivity contribution < 1.29 is 14.3 Å². The smallest absolute Gasteiger partial charge is 0.410 e. The van der Waals surface area contributed by atoms with E-state index in [1.54, 1.807) is 4.90 Å². The number of amides is 1. The maximum Gasteiger partial charge on any atom is 0.410 e. The molecule has 0 unspecified atom stereocenters. The Balaban J connectivity index is 1.79. The van der Waals surface area contributed by atoms with Crippen molar-refractivity contribution in [1.29, 1.82) is 0 Å². The zero-order chi connectivity index (χ0) is 14.8. The first-order valence-corrected chi connectivity index (χ1v) is 7.56. The topological polar surface area (TPSA) is 64.5 Å². The Bertz CT molecular complexity index is 462. The number of likely N-dealkylation sites (tertiary alicyclic amines) is 1. The first-order valence-electron chi connectivity index (χ1n) is 6.78. The van der Waals surface area contributed by atoms with Gasteiger partial charge in [-0.25, -0.2) is 4.79 Å². The van der Waals surface area contributed by atoms with Crippen LogP contribution in [0.2, 0.25) is 0 Å². The molecule has 0 aliphatic carbocycles. The number of carbonyl (C=O) groups excluding carboxylic acids is 1. The average Bonchev–Trinajstić information content (AvgIpc) is 2.73. The Morgan fingerprint density at radius 3 is 2.50 bits per heavy atom. The van der Waals surface area contributed by atoms with Crippen LogP contribution >= 0.6 is 11.5 Å². The zero-order valence-corrected chi connectivity index (χ0v) is 13.2. The lowest BCUT2D eigenvalue weighted by Crippen LogP contribution is -2.44. The number of aromatic nitrogens is 2. The first-order chi connectivity index (χ1) is 9.33. The molecule has 6 nitrogen and oxygen atoms in total. The van der Waals surface area contributed by atoms with Crippen LogP contribution in [0.1, 0.15) is 39.4 Å². The van der Waals surface area contributed by atoms with Gasteiger partial charge in [-0.2, -0.15) is 9.36 Å². The normalized spacial score (nSPS) is 17.1. The quantitative estimate of drug-likeness (QED) is 0.840. The van der Waals surface area contributed by atoms with Crippen molar-refractivity contribution in [3.8, 4) is 5.19 Å². The molecule has 1 fully saturated rings. The summed E-state index contributed by atoms with van der Waals surface area (Å²) in [6, 6.07) is 0. The van der Waals surface area contributed by atoms with Crippen molar-refractivity contribution in [2.45, 2.75) is 52.2 Å². The van der Waals surface area contributed by atoms with E-state index in [9.17, 15) is 4.79 Å². The highest BCUT2D eigenvalue weighted by molar-refractivity contribution is 7.07. The van der Waals surface area contributed by atoms with E-state index in [0.29, 0.717) is 18.3 Å². The van der Waals surface area contributed by atoms with Gasteiger partial charge in [0.1, 0.15) is 17.5 Å². The van der Waals surface area contributed by atoms with E-state index in [-0.39, 0.29) is 12.2 Å². The maximum absolute atomic E-state index is 11.9. The lowest BCUT2D eigenvalue weighted by atomic mass is 10.1. The van der Waals surface area contributed by atoms with Gasteiger partial charge in [0.15, 0.2) is 0 Å². The molecule has 2 heterocycles. The largest absolute Gasteiger partial charge is 0.466 e. The Labute approximate surface area is 123 Å². The molecule has 1 aromatic heterocycles. The third kappa shape index (κ3) is 4.33. The molecule has 0 spiro atoms. The third-order valence-corrected chi connectivity index (χ3v) is 3.57. The number of rotatable bonds is 2. The molecule has 0 bridgehead atoms. The number of carbonyl (C=O) groups is 1. The van der Waals surface area contributed by atoms with E-state index >= 15 is 0 Å². The molecule has 1 saturated heterocycles. The molecule has 1 aromatic rings.